The molecule has 0 saturated carbocycles. The third-order valence-corrected chi connectivity index (χ3v) is 6.34. The van der Waals surface area contributed by atoms with Crippen LogP contribution in [0.25, 0.3) is 0 Å². The fraction of sp³-hybridized carbons (Fsp3) is 0.625. The first-order valence-corrected chi connectivity index (χ1v) is 8.62. The zero-order valence-electron chi connectivity index (χ0n) is 12.5. The lowest BCUT2D eigenvalue weighted by molar-refractivity contribution is 0.677. The van der Waals surface area contributed by atoms with E-state index < -0.39 is 0 Å². The topological polar surface area (TPSA) is 12.0 Å². The smallest absolute Gasteiger partial charge is 0.0211 e. The lowest BCUT2D eigenvalue weighted by Gasteiger charge is -2.28. The fourth-order valence-electron chi connectivity index (χ4n) is 2.46. The summed E-state index contributed by atoms with van der Waals surface area (Å²) >= 11 is 0. The predicted molar refractivity (Wildman–Crippen MR) is 85.3 cm³/mol. The zero-order chi connectivity index (χ0) is 13.5. The van der Waals surface area contributed by atoms with Crippen LogP contribution in [0, 0.1) is 0 Å². The van der Waals surface area contributed by atoms with Gasteiger partial charge in [-0.25, -0.2) is 0 Å². The molecule has 0 radical (unpaired) electrons. The molecule has 0 saturated heterocycles. The van der Waals surface area contributed by atoms with Gasteiger partial charge in [0.25, 0.3) is 0 Å². The minimum Gasteiger partial charge on any atom is -0.313 e. The Morgan fingerprint density at radius 3 is 2.22 bits per heavy atom. The molecule has 1 aromatic carbocycles. The molecule has 1 aromatic rings. The van der Waals surface area contributed by atoms with E-state index in [1.165, 1.54) is 12.0 Å². The third kappa shape index (κ3) is 4.37. The molecule has 0 aromatic heterocycles. The van der Waals surface area contributed by atoms with Crippen molar-refractivity contribution in [1.82, 2.24) is 5.32 Å². The van der Waals surface area contributed by atoms with Crippen LogP contribution in [-0.4, -0.2) is 17.9 Å². The van der Waals surface area contributed by atoms with E-state index in [1.54, 1.807) is 5.30 Å². The highest BCUT2D eigenvalue weighted by atomic mass is 31.1. The minimum absolute atomic E-state index is 0.0554. The normalized spacial score (nSPS) is 11.8. The molecule has 1 nitrogen and oxygen atoms in total. The summed E-state index contributed by atoms with van der Waals surface area (Å²) in [4.78, 5) is 0. The summed E-state index contributed by atoms with van der Waals surface area (Å²) < 4.78 is 0. The maximum Gasteiger partial charge on any atom is 0.0211 e. The Balaban J connectivity index is 2.91. The molecule has 0 amide bonds. The van der Waals surface area contributed by atoms with Gasteiger partial charge in [0.15, 0.2) is 0 Å². The van der Waals surface area contributed by atoms with E-state index in [0.717, 1.165) is 24.4 Å². The van der Waals surface area contributed by atoms with Crippen LogP contribution in [0.5, 0.6) is 0 Å². The molecule has 2 heteroatoms. The summed E-state index contributed by atoms with van der Waals surface area (Å²) in [6.45, 7) is 13.8. The van der Waals surface area contributed by atoms with E-state index in [1.807, 2.05) is 0 Å². The molecule has 0 aliphatic carbocycles. The van der Waals surface area contributed by atoms with E-state index >= 15 is 0 Å². The highest BCUT2D eigenvalue weighted by molar-refractivity contribution is 7.67. The van der Waals surface area contributed by atoms with Crippen molar-refractivity contribution in [3.63, 3.8) is 0 Å². The molecule has 0 bridgehead atoms. The number of rotatable bonds is 7. The van der Waals surface area contributed by atoms with Crippen LogP contribution in [0.4, 0.5) is 0 Å². The van der Waals surface area contributed by atoms with E-state index in [4.69, 9.17) is 0 Å². The first-order valence-electron chi connectivity index (χ1n) is 7.14. The molecular formula is C16H28NP. The van der Waals surface area contributed by atoms with Crippen molar-refractivity contribution in [2.24, 2.45) is 0 Å². The number of nitrogens with one attached hydrogen (secondary N) is 1. The second kappa shape index (κ2) is 7.92. The first kappa shape index (κ1) is 15.7. The maximum absolute atomic E-state index is 3.53. The quantitative estimate of drug-likeness (QED) is 0.578. The number of hydrogen-bond acceptors (Lipinski definition) is 1. The first-order chi connectivity index (χ1) is 8.57. The summed E-state index contributed by atoms with van der Waals surface area (Å²) in [5.41, 5.74) is 3.01. The predicted octanol–water partition coefficient (Wildman–Crippen LogP) is 4.11. The molecular weight excluding hydrogens is 237 g/mol. The van der Waals surface area contributed by atoms with Gasteiger partial charge >= 0.3 is 0 Å². The summed E-state index contributed by atoms with van der Waals surface area (Å²) in [7, 11) is -0.0554. The molecule has 102 valence electrons. The lowest BCUT2D eigenvalue weighted by atomic mass is 10.2. The molecule has 0 spiro atoms. The monoisotopic (exact) mass is 265 g/mol. The zero-order valence-corrected chi connectivity index (χ0v) is 13.4. The molecule has 0 atom stereocenters. The Kier molecular flexibility index (Phi) is 6.89. The molecule has 0 fully saturated rings. The van der Waals surface area contributed by atoms with Gasteiger partial charge in [-0.3, -0.25) is 0 Å². The van der Waals surface area contributed by atoms with Crippen molar-refractivity contribution < 1.29 is 0 Å². The lowest BCUT2D eigenvalue weighted by Crippen LogP contribution is -2.23. The van der Waals surface area contributed by atoms with Crippen molar-refractivity contribution in [3.8, 4) is 0 Å². The SMILES string of the molecule is CCCNCc1ccccc1P(C(C)C)C(C)C. The Bertz CT molecular complexity index is 339. The second-order valence-corrected chi connectivity index (χ2v) is 8.76. The van der Waals surface area contributed by atoms with Gasteiger partial charge in [-0.2, -0.15) is 0 Å². The number of hydrogen-bond donors (Lipinski definition) is 1. The van der Waals surface area contributed by atoms with Gasteiger partial charge in [-0.05, 0) is 35.2 Å². The summed E-state index contributed by atoms with van der Waals surface area (Å²) in [6.07, 6.45) is 1.20. The highest BCUT2D eigenvalue weighted by Gasteiger charge is 2.20. The van der Waals surface area contributed by atoms with E-state index in [-0.39, 0.29) is 7.92 Å². The van der Waals surface area contributed by atoms with Crippen molar-refractivity contribution >= 4 is 13.2 Å². The van der Waals surface area contributed by atoms with Crippen LogP contribution >= 0.6 is 7.92 Å². The largest absolute Gasteiger partial charge is 0.313 e. The summed E-state index contributed by atoms with van der Waals surface area (Å²) in [6, 6.07) is 8.99. The summed E-state index contributed by atoms with van der Waals surface area (Å²) in [5.74, 6) is 0. The van der Waals surface area contributed by atoms with E-state index in [0.29, 0.717) is 0 Å². The van der Waals surface area contributed by atoms with Crippen LogP contribution in [0.1, 0.15) is 46.6 Å². The Morgan fingerprint density at radius 1 is 1.06 bits per heavy atom. The molecule has 0 heterocycles. The Morgan fingerprint density at radius 2 is 1.67 bits per heavy atom. The second-order valence-electron chi connectivity index (χ2n) is 5.40. The van der Waals surface area contributed by atoms with E-state index in [2.05, 4.69) is 64.2 Å². The van der Waals surface area contributed by atoms with Gasteiger partial charge in [0.05, 0.1) is 0 Å². The van der Waals surface area contributed by atoms with Crippen LogP contribution in [0.2, 0.25) is 0 Å². The average Bonchev–Trinajstić information content (AvgIpc) is 2.30. The highest BCUT2D eigenvalue weighted by Crippen LogP contribution is 2.45. The van der Waals surface area contributed by atoms with Crippen LogP contribution in [0.15, 0.2) is 24.3 Å². The summed E-state index contributed by atoms with van der Waals surface area (Å²) in [5, 5.41) is 5.13. The standard InChI is InChI=1S/C16H28NP/c1-6-11-17-12-15-9-7-8-10-16(15)18(13(2)3)14(4)5/h7-10,13-14,17H,6,11-12H2,1-5H3. The third-order valence-electron chi connectivity index (χ3n) is 3.12. The van der Waals surface area contributed by atoms with Gasteiger partial charge in [-0.1, -0.05) is 66.8 Å². The van der Waals surface area contributed by atoms with Crippen molar-refractivity contribution in [3.05, 3.63) is 29.8 Å². The van der Waals surface area contributed by atoms with Crippen LogP contribution < -0.4 is 10.6 Å². The minimum atomic E-state index is -0.0554. The molecule has 1 N–H and O–H groups in total. The van der Waals surface area contributed by atoms with Crippen LogP contribution in [0.3, 0.4) is 0 Å². The van der Waals surface area contributed by atoms with Gasteiger partial charge < -0.3 is 5.32 Å². The van der Waals surface area contributed by atoms with Crippen molar-refractivity contribution in [1.29, 1.82) is 0 Å². The van der Waals surface area contributed by atoms with Gasteiger partial charge in [-0.15, -0.1) is 0 Å². The average molecular weight is 265 g/mol. The Hall–Kier alpha value is -0.390. The van der Waals surface area contributed by atoms with Gasteiger partial charge in [0.1, 0.15) is 0 Å². The molecule has 1 rings (SSSR count). The molecule has 0 aliphatic rings. The molecule has 0 aliphatic heterocycles. The number of benzene rings is 1. The van der Waals surface area contributed by atoms with E-state index in [9.17, 15) is 0 Å². The van der Waals surface area contributed by atoms with Crippen LogP contribution in [-0.2, 0) is 6.54 Å². The van der Waals surface area contributed by atoms with Gasteiger partial charge in [0, 0.05) is 6.54 Å². The van der Waals surface area contributed by atoms with Gasteiger partial charge in [0.2, 0.25) is 0 Å². The van der Waals surface area contributed by atoms with Crippen molar-refractivity contribution in [2.75, 3.05) is 6.54 Å². The van der Waals surface area contributed by atoms with Crippen molar-refractivity contribution in [2.45, 2.75) is 58.9 Å². The Labute approximate surface area is 114 Å². The molecule has 18 heavy (non-hydrogen) atoms. The fourth-order valence-corrected chi connectivity index (χ4v) is 5.51. The molecule has 0 unspecified atom stereocenters. The maximum atomic E-state index is 3.53.